The van der Waals surface area contributed by atoms with Gasteiger partial charge in [0.25, 0.3) is 0 Å². The van der Waals surface area contributed by atoms with Gasteiger partial charge in [0.05, 0.1) is 17.2 Å². The SMILES string of the molecule is C[C@@H]1CN(C(CN)c2ccc(F)c(Cl)c2)C[C@H](C)O1. The van der Waals surface area contributed by atoms with Crippen LogP contribution in [0.3, 0.4) is 0 Å². The summed E-state index contributed by atoms with van der Waals surface area (Å²) >= 11 is 5.85. The van der Waals surface area contributed by atoms with Crippen molar-refractivity contribution in [1.82, 2.24) is 4.90 Å². The first-order valence-corrected chi connectivity index (χ1v) is 6.93. The number of benzene rings is 1. The van der Waals surface area contributed by atoms with Gasteiger partial charge in [0.2, 0.25) is 0 Å². The van der Waals surface area contributed by atoms with Crippen LogP contribution in [-0.2, 0) is 4.74 Å². The molecule has 1 heterocycles. The molecule has 106 valence electrons. The van der Waals surface area contributed by atoms with Gasteiger partial charge in [0, 0.05) is 25.7 Å². The second-order valence-corrected chi connectivity index (χ2v) is 5.54. The number of halogens is 2. The van der Waals surface area contributed by atoms with Crippen molar-refractivity contribution < 1.29 is 9.13 Å². The fourth-order valence-electron chi connectivity index (χ4n) is 2.69. The lowest BCUT2D eigenvalue weighted by Gasteiger charge is -2.40. The summed E-state index contributed by atoms with van der Waals surface area (Å²) in [4.78, 5) is 2.28. The Morgan fingerprint density at radius 1 is 1.42 bits per heavy atom. The quantitative estimate of drug-likeness (QED) is 0.928. The fourth-order valence-corrected chi connectivity index (χ4v) is 2.88. The van der Waals surface area contributed by atoms with E-state index in [1.807, 2.05) is 13.8 Å². The molecule has 0 aliphatic carbocycles. The van der Waals surface area contributed by atoms with Crippen molar-refractivity contribution in [2.24, 2.45) is 5.73 Å². The average molecular weight is 287 g/mol. The van der Waals surface area contributed by atoms with Crippen LogP contribution in [0.1, 0.15) is 25.5 Å². The summed E-state index contributed by atoms with van der Waals surface area (Å²) in [5.74, 6) is -0.398. The average Bonchev–Trinajstić information content (AvgIpc) is 2.33. The Morgan fingerprint density at radius 2 is 2.05 bits per heavy atom. The Labute approximate surface area is 118 Å². The Balaban J connectivity index is 2.21. The predicted molar refractivity (Wildman–Crippen MR) is 74.8 cm³/mol. The first-order valence-electron chi connectivity index (χ1n) is 6.55. The number of hydrogen-bond donors (Lipinski definition) is 1. The summed E-state index contributed by atoms with van der Waals surface area (Å²) in [6.45, 7) is 6.21. The summed E-state index contributed by atoms with van der Waals surface area (Å²) in [6, 6.07) is 4.86. The van der Waals surface area contributed by atoms with Crippen LogP contribution in [0.4, 0.5) is 4.39 Å². The molecule has 2 N–H and O–H groups in total. The van der Waals surface area contributed by atoms with Gasteiger partial charge in [-0.25, -0.2) is 4.39 Å². The second-order valence-electron chi connectivity index (χ2n) is 5.14. The molecule has 2 rings (SSSR count). The maximum atomic E-state index is 13.2. The monoisotopic (exact) mass is 286 g/mol. The third-order valence-corrected chi connectivity index (χ3v) is 3.73. The molecule has 1 aliphatic rings. The van der Waals surface area contributed by atoms with E-state index < -0.39 is 5.82 Å². The first-order chi connectivity index (χ1) is 9.01. The van der Waals surface area contributed by atoms with Gasteiger partial charge in [-0.1, -0.05) is 17.7 Å². The van der Waals surface area contributed by atoms with Gasteiger partial charge >= 0.3 is 0 Å². The molecule has 1 aliphatic heterocycles. The van der Waals surface area contributed by atoms with Gasteiger partial charge in [0.15, 0.2) is 0 Å². The number of nitrogens with zero attached hydrogens (tertiary/aromatic N) is 1. The van der Waals surface area contributed by atoms with E-state index in [9.17, 15) is 4.39 Å². The standard InChI is InChI=1S/C14H20ClFN2O/c1-9-7-18(8-10(2)19-9)14(6-17)11-3-4-13(16)12(15)5-11/h3-5,9-10,14H,6-8,17H2,1-2H3/t9-,10+,14?. The van der Waals surface area contributed by atoms with Crippen LogP contribution >= 0.6 is 11.6 Å². The van der Waals surface area contributed by atoms with E-state index in [0.717, 1.165) is 18.7 Å². The maximum Gasteiger partial charge on any atom is 0.141 e. The van der Waals surface area contributed by atoms with Gasteiger partial charge in [-0.3, -0.25) is 4.90 Å². The summed E-state index contributed by atoms with van der Waals surface area (Å²) in [7, 11) is 0. The lowest BCUT2D eigenvalue weighted by Crippen LogP contribution is -2.48. The molecule has 0 bridgehead atoms. The Bertz CT molecular complexity index is 433. The number of rotatable bonds is 3. The van der Waals surface area contributed by atoms with E-state index in [0.29, 0.717) is 6.54 Å². The smallest absolute Gasteiger partial charge is 0.141 e. The molecule has 3 atom stereocenters. The number of morpholine rings is 1. The van der Waals surface area contributed by atoms with Crippen LogP contribution in [-0.4, -0.2) is 36.7 Å². The van der Waals surface area contributed by atoms with E-state index in [1.165, 1.54) is 6.07 Å². The zero-order chi connectivity index (χ0) is 14.0. The van der Waals surface area contributed by atoms with Gasteiger partial charge in [-0.05, 0) is 31.5 Å². The lowest BCUT2D eigenvalue weighted by atomic mass is 10.0. The fraction of sp³-hybridized carbons (Fsp3) is 0.571. The minimum atomic E-state index is -0.398. The van der Waals surface area contributed by atoms with Gasteiger partial charge in [0.1, 0.15) is 5.82 Å². The third kappa shape index (κ3) is 3.45. The van der Waals surface area contributed by atoms with Gasteiger partial charge in [-0.2, -0.15) is 0 Å². The summed E-state index contributed by atoms with van der Waals surface area (Å²) < 4.78 is 19.0. The van der Waals surface area contributed by atoms with Crippen molar-refractivity contribution in [3.8, 4) is 0 Å². The summed E-state index contributed by atoms with van der Waals surface area (Å²) in [5, 5.41) is 0.144. The normalized spacial score (nSPS) is 26.4. The number of hydrogen-bond acceptors (Lipinski definition) is 3. The molecular weight excluding hydrogens is 267 g/mol. The minimum Gasteiger partial charge on any atom is -0.373 e. The molecule has 0 spiro atoms. The molecule has 5 heteroatoms. The number of nitrogens with two attached hydrogens (primary N) is 1. The topological polar surface area (TPSA) is 38.5 Å². The first kappa shape index (κ1) is 14.7. The molecule has 19 heavy (non-hydrogen) atoms. The maximum absolute atomic E-state index is 13.2. The number of ether oxygens (including phenoxy) is 1. The van der Waals surface area contributed by atoms with Crippen LogP contribution in [0.2, 0.25) is 5.02 Å². The van der Waals surface area contributed by atoms with Crippen molar-refractivity contribution in [1.29, 1.82) is 0 Å². The Morgan fingerprint density at radius 3 is 2.58 bits per heavy atom. The largest absolute Gasteiger partial charge is 0.373 e. The highest BCUT2D eigenvalue weighted by Gasteiger charge is 2.28. The van der Waals surface area contributed by atoms with Gasteiger partial charge < -0.3 is 10.5 Å². The highest BCUT2D eigenvalue weighted by Crippen LogP contribution is 2.27. The zero-order valence-electron chi connectivity index (χ0n) is 11.3. The summed E-state index contributed by atoms with van der Waals surface area (Å²) in [6.07, 6.45) is 0.349. The van der Waals surface area contributed by atoms with Crippen LogP contribution < -0.4 is 5.73 Å². The Kier molecular flexibility index (Phi) is 4.79. The molecule has 0 amide bonds. The van der Waals surface area contributed by atoms with Crippen molar-refractivity contribution >= 4 is 11.6 Å². The van der Waals surface area contributed by atoms with Gasteiger partial charge in [-0.15, -0.1) is 0 Å². The third-order valence-electron chi connectivity index (χ3n) is 3.44. The zero-order valence-corrected chi connectivity index (χ0v) is 12.0. The lowest BCUT2D eigenvalue weighted by molar-refractivity contribution is -0.0799. The van der Waals surface area contributed by atoms with E-state index in [1.54, 1.807) is 12.1 Å². The van der Waals surface area contributed by atoms with E-state index in [2.05, 4.69) is 4.90 Å². The van der Waals surface area contributed by atoms with Crippen LogP contribution in [0, 0.1) is 5.82 Å². The molecule has 3 nitrogen and oxygen atoms in total. The van der Waals surface area contributed by atoms with Crippen molar-refractivity contribution in [3.63, 3.8) is 0 Å². The highest BCUT2D eigenvalue weighted by molar-refractivity contribution is 6.30. The minimum absolute atomic E-state index is 0.0481. The molecule has 1 fully saturated rings. The molecule has 0 radical (unpaired) electrons. The molecule has 1 aromatic carbocycles. The van der Waals surface area contributed by atoms with Crippen LogP contribution in [0.5, 0.6) is 0 Å². The molecule has 1 saturated heterocycles. The summed E-state index contributed by atoms with van der Waals surface area (Å²) in [5.41, 5.74) is 6.85. The Hall–Kier alpha value is -0.680. The van der Waals surface area contributed by atoms with E-state index >= 15 is 0 Å². The highest BCUT2D eigenvalue weighted by atomic mass is 35.5. The van der Waals surface area contributed by atoms with E-state index in [4.69, 9.17) is 22.1 Å². The van der Waals surface area contributed by atoms with Crippen LogP contribution in [0.25, 0.3) is 0 Å². The van der Waals surface area contributed by atoms with E-state index in [-0.39, 0.29) is 23.3 Å². The molecule has 0 saturated carbocycles. The van der Waals surface area contributed by atoms with Crippen molar-refractivity contribution in [2.45, 2.75) is 32.1 Å². The molecule has 1 aromatic rings. The second kappa shape index (κ2) is 6.18. The molecule has 0 aromatic heterocycles. The van der Waals surface area contributed by atoms with Crippen molar-refractivity contribution in [2.75, 3.05) is 19.6 Å². The van der Waals surface area contributed by atoms with Crippen molar-refractivity contribution in [3.05, 3.63) is 34.6 Å². The molecule has 1 unspecified atom stereocenters. The predicted octanol–water partition coefficient (Wildman–Crippen LogP) is 2.59. The van der Waals surface area contributed by atoms with Crippen LogP contribution in [0.15, 0.2) is 18.2 Å². The molecular formula is C14H20ClFN2O.